The van der Waals surface area contributed by atoms with Gasteiger partial charge in [0.15, 0.2) is 0 Å². The first-order chi connectivity index (χ1) is 11.8. The summed E-state index contributed by atoms with van der Waals surface area (Å²) in [4.78, 5) is 12.0. The molecule has 2 amide bonds. The Morgan fingerprint density at radius 1 is 1.12 bits per heavy atom. The van der Waals surface area contributed by atoms with Crippen molar-refractivity contribution >= 4 is 6.03 Å². The highest BCUT2D eigenvalue weighted by molar-refractivity contribution is 5.73. The molecule has 0 spiro atoms. The van der Waals surface area contributed by atoms with Crippen LogP contribution in [0, 0.1) is 27.7 Å². The molecule has 0 bridgehead atoms. The monoisotopic (exact) mass is 345 g/mol. The smallest absolute Gasteiger partial charge is 0.314 e. The third-order valence-corrected chi connectivity index (χ3v) is 4.23. The highest BCUT2D eigenvalue weighted by Gasteiger charge is 2.17. The van der Waals surface area contributed by atoms with E-state index in [1.54, 1.807) is 0 Å². The number of amides is 2. The summed E-state index contributed by atoms with van der Waals surface area (Å²) in [6, 6.07) is 5.60. The van der Waals surface area contributed by atoms with Crippen molar-refractivity contribution in [2.24, 2.45) is 0 Å². The molecule has 136 valence electrons. The first kappa shape index (κ1) is 19.0. The molecule has 0 radical (unpaired) electrons. The first-order valence-electron chi connectivity index (χ1n) is 8.48. The van der Waals surface area contributed by atoms with Crippen LogP contribution in [0.2, 0.25) is 0 Å². The Kier molecular flexibility index (Phi) is 6.20. The molecule has 0 aliphatic heterocycles. The number of nitrogens with zero attached hydrogens (tertiary/aromatic N) is 1. The Balaban J connectivity index is 1.82. The number of hydrogen-bond acceptors (Lipinski definition) is 4. The number of urea groups is 1. The molecule has 2 atom stereocenters. The second-order valence-electron chi connectivity index (χ2n) is 6.67. The maximum Gasteiger partial charge on any atom is 0.314 e. The number of aryl methyl sites for hydroxylation is 4. The molecule has 2 aromatic rings. The van der Waals surface area contributed by atoms with Gasteiger partial charge in [-0.2, -0.15) is 0 Å². The minimum absolute atomic E-state index is 0.0985. The van der Waals surface area contributed by atoms with Crippen LogP contribution in [-0.2, 0) is 0 Å². The molecule has 2 unspecified atom stereocenters. The maximum absolute atomic E-state index is 12.0. The Morgan fingerprint density at radius 3 is 2.28 bits per heavy atom. The molecule has 6 heteroatoms. The zero-order valence-electron chi connectivity index (χ0n) is 15.5. The van der Waals surface area contributed by atoms with Crippen LogP contribution in [0.3, 0.4) is 0 Å². The highest BCUT2D eigenvalue weighted by Crippen LogP contribution is 2.22. The van der Waals surface area contributed by atoms with Gasteiger partial charge >= 0.3 is 6.03 Å². The van der Waals surface area contributed by atoms with Crippen molar-refractivity contribution in [3.8, 4) is 0 Å². The maximum atomic E-state index is 12.0. The summed E-state index contributed by atoms with van der Waals surface area (Å²) in [6.45, 7) is 10.4. The van der Waals surface area contributed by atoms with Crippen LogP contribution in [0.4, 0.5) is 4.79 Å². The van der Waals surface area contributed by atoms with Gasteiger partial charge in [-0.05, 0) is 33.3 Å². The predicted octanol–water partition coefficient (Wildman–Crippen LogP) is 3.04. The summed E-state index contributed by atoms with van der Waals surface area (Å²) in [5.41, 5.74) is 4.86. The van der Waals surface area contributed by atoms with Gasteiger partial charge in [-0.1, -0.05) is 41.4 Å². The number of aliphatic hydroxyl groups is 1. The number of nitrogens with one attached hydrogen (secondary N) is 2. The van der Waals surface area contributed by atoms with Crippen LogP contribution in [0.25, 0.3) is 0 Å². The van der Waals surface area contributed by atoms with Crippen LogP contribution in [0.15, 0.2) is 22.7 Å². The van der Waals surface area contributed by atoms with Crippen molar-refractivity contribution in [3.63, 3.8) is 0 Å². The van der Waals surface area contributed by atoms with Gasteiger partial charge in [0.05, 0.1) is 11.8 Å². The summed E-state index contributed by atoms with van der Waals surface area (Å²) in [5, 5.41) is 19.7. The molecule has 0 aliphatic carbocycles. The molecule has 1 aromatic heterocycles. The van der Waals surface area contributed by atoms with Crippen LogP contribution >= 0.6 is 0 Å². The van der Waals surface area contributed by atoms with Crippen molar-refractivity contribution in [3.05, 3.63) is 51.9 Å². The quantitative estimate of drug-likeness (QED) is 0.751. The number of hydrogen-bond donors (Lipinski definition) is 3. The summed E-state index contributed by atoms with van der Waals surface area (Å²) >= 11 is 0. The van der Waals surface area contributed by atoms with E-state index in [4.69, 9.17) is 4.52 Å². The molecule has 6 nitrogen and oxygen atoms in total. The summed E-state index contributed by atoms with van der Waals surface area (Å²) < 4.78 is 5.16. The normalized spacial score (nSPS) is 13.4. The Hall–Kier alpha value is -2.34. The third-order valence-electron chi connectivity index (χ3n) is 4.23. The van der Waals surface area contributed by atoms with E-state index in [-0.39, 0.29) is 18.5 Å². The summed E-state index contributed by atoms with van der Waals surface area (Å²) in [7, 11) is 0. The predicted molar refractivity (Wildman–Crippen MR) is 96.7 cm³/mol. The van der Waals surface area contributed by atoms with Crippen LogP contribution in [-0.4, -0.2) is 29.4 Å². The first-order valence-corrected chi connectivity index (χ1v) is 8.48. The molecule has 0 fully saturated rings. The molecule has 1 heterocycles. The van der Waals surface area contributed by atoms with E-state index >= 15 is 0 Å². The topological polar surface area (TPSA) is 87.4 Å². The number of aliphatic hydroxyl groups excluding tert-OH is 1. The average Bonchev–Trinajstić information content (AvgIpc) is 2.88. The molecule has 0 saturated carbocycles. The minimum atomic E-state index is -0.732. The standard InChI is InChI=1S/C19H27N3O3/c1-11-6-12(2)8-16(7-11)17(23)10-21-19(24)20-9-13(3)18-14(4)22-25-15(18)5/h6-8,13,17,23H,9-10H2,1-5H3,(H2,20,21,24). The molecular weight excluding hydrogens is 318 g/mol. The van der Waals surface area contributed by atoms with Crippen molar-refractivity contribution < 1.29 is 14.4 Å². The zero-order valence-corrected chi connectivity index (χ0v) is 15.5. The molecule has 0 aliphatic rings. The molecular formula is C19H27N3O3. The lowest BCUT2D eigenvalue weighted by Crippen LogP contribution is -2.39. The van der Waals surface area contributed by atoms with Gasteiger partial charge in [0.2, 0.25) is 0 Å². The second-order valence-corrected chi connectivity index (χ2v) is 6.67. The minimum Gasteiger partial charge on any atom is -0.387 e. The van der Waals surface area contributed by atoms with Gasteiger partial charge in [-0.3, -0.25) is 0 Å². The molecule has 25 heavy (non-hydrogen) atoms. The zero-order chi connectivity index (χ0) is 18.6. The SMILES string of the molecule is Cc1cc(C)cc(C(O)CNC(=O)NCC(C)c2c(C)noc2C)c1. The van der Waals surface area contributed by atoms with Crippen molar-refractivity contribution in [2.45, 2.75) is 46.6 Å². The molecule has 3 N–H and O–H groups in total. The van der Waals surface area contributed by atoms with Crippen molar-refractivity contribution in [1.82, 2.24) is 15.8 Å². The fourth-order valence-electron chi connectivity index (χ4n) is 3.11. The van der Waals surface area contributed by atoms with Gasteiger partial charge in [0.1, 0.15) is 5.76 Å². The van der Waals surface area contributed by atoms with E-state index in [0.29, 0.717) is 6.54 Å². The highest BCUT2D eigenvalue weighted by atomic mass is 16.5. The third kappa shape index (κ3) is 5.06. The largest absolute Gasteiger partial charge is 0.387 e. The van der Waals surface area contributed by atoms with E-state index in [9.17, 15) is 9.90 Å². The second kappa shape index (κ2) is 8.16. The van der Waals surface area contributed by atoms with Crippen molar-refractivity contribution in [1.29, 1.82) is 0 Å². The van der Waals surface area contributed by atoms with Gasteiger partial charge in [-0.25, -0.2) is 4.79 Å². The number of rotatable bonds is 6. The van der Waals surface area contributed by atoms with Crippen molar-refractivity contribution in [2.75, 3.05) is 13.1 Å². The average molecular weight is 345 g/mol. The summed E-state index contributed by atoms with van der Waals surface area (Å²) in [6.07, 6.45) is -0.732. The Bertz CT molecular complexity index is 700. The van der Waals surface area contributed by atoms with E-state index < -0.39 is 6.10 Å². The lowest BCUT2D eigenvalue weighted by atomic mass is 10.00. The van der Waals surface area contributed by atoms with Gasteiger partial charge in [0.25, 0.3) is 0 Å². The lowest BCUT2D eigenvalue weighted by Gasteiger charge is -2.16. The molecule has 0 saturated heterocycles. The lowest BCUT2D eigenvalue weighted by molar-refractivity contribution is 0.173. The number of aromatic nitrogens is 1. The number of carbonyl (C=O) groups excluding carboxylic acids is 1. The number of carbonyl (C=O) groups is 1. The number of benzene rings is 1. The fourth-order valence-corrected chi connectivity index (χ4v) is 3.11. The van der Waals surface area contributed by atoms with E-state index in [1.807, 2.05) is 52.8 Å². The Morgan fingerprint density at radius 2 is 1.72 bits per heavy atom. The van der Waals surface area contributed by atoms with E-state index in [1.165, 1.54) is 0 Å². The van der Waals surface area contributed by atoms with E-state index in [2.05, 4.69) is 15.8 Å². The summed E-state index contributed by atoms with van der Waals surface area (Å²) in [5.74, 6) is 0.874. The molecule has 1 aromatic carbocycles. The van der Waals surface area contributed by atoms with Crippen LogP contribution in [0.1, 0.15) is 52.7 Å². The fraction of sp³-hybridized carbons (Fsp3) is 0.474. The van der Waals surface area contributed by atoms with E-state index in [0.717, 1.165) is 33.7 Å². The van der Waals surface area contributed by atoms with Gasteiger partial charge in [-0.15, -0.1) is 0 Å². The van der Waals surface area contributed by atoms with Gasteiger partial charge in [0, 0.05) is 24.6 Å². The van der Waals surface area contributed by atoms with Crippen LogP contribution < -0.4 is 10.6 Å². The molecule has 2 rings (SSSR count). The Labute approximate surface area is 148 Å². The van der Waals surface area contributed by atoms with Crippen LogP contribution in [0.5, 0.6) is 0 Å². The van der Waals surface area contributed by atoms with Gasteiger partial charge < -0.3 is 20.3 Å².